The largest absolute Gasteiger partial charge is 0.352 e. The molecule has 2 atom stereocenters. The Kier molecular flexibility index (Phi) is 6.72. The molecule has 1 aliphatic carbocycles. The van der Waals surface area contributed by atoms with Crippen LogP contribution in [-0.4, -0.2) is 11.9 Å². The van der Waals surface area contributed by atoms with Crippen molar-refractivity contribution in [2.24, 2.45) is 11.7 Å². The van der Waals surface area contributed by atoms with Crippen LogP contribution < -0.4 is 11.1 Å². The van der Waals surface area contributed by atoms with Gasteiger partial charge in [-0.15, -0.1) is 12.4 Å². The molecule has 1 aromatic carbocycles. The van der Waals surface area contributed by atoms with E-state index in [4.69, 9.17) is 17.3 Å². The zero-order chi connectivity index (χ0) is 13.8. The average molecular weight is 321 g/mol. The fourth-order valence-electron chi connectivity index (χ4n) is 2.48. The van der Waals surface area contributed by atoms with Gasteiger partial charge in [-0.1, -0.05) is 24.1 Å². The molecular formula is C14H19Cl2FN2O. The third-order valence-electron chi connectivity index (χ3n) is 3.64. The molecule has 3 nitrogen and oxygen atoms in total. The Bertz CT molecular complexity index is 470. The minimum absolute atomic E-state index is 0. The second-order valence-electron chi connectivity index (χ2n) is 5.08. The van der Waals surface area contributed by atoms with Gasteiger partial charge in [-0.05, 0) is 36.5 Å². The molecule has 0 aliphatic heterocycles. The highest BCUT2D eigenvalue weighted by Gasteiger charge is 2.25. The van der Waals surface area contributed by atoms with Gasteiger partial charge in [0.25, 0.3) is 0 Å². The highest BCUT2D eigenvalue weighted by molar-refractivity contribution is 6.30. The van der Waals surface area contributed by atoms with E-state index < -0.39 is 5.82 Å². The van der Waals surface area contributed by atoms with Crippen LogP contribution in [0.3, 0.4) is 0 Å². The summed E-state index contributed by atoms with van der Waals surface area (Å²) in [5.41, 5.74) is 6.72. The molecule has 1 fully saturated rings. The molecule has 6 heteroatoms. The summed E-state index contributed by atoms with van der Waals surface area (Å²) in [6, 6.07) is 4.59. The summed E-state index contributed by atoms with van der Waals surface area (Å²) in [7, 11) is 0. The fourth-order valence-corrected chi connectivity index (χ4v) is 2.68. The Hall–Kier alpha value is -0.840. The van der Waals surface area contributed by atoms with Crippen molar-refractivity contribution >= 4 is 29.9 Å². The molecule has 0 spiro atoms. The lowest BCUT2D eigenvalue weighted by molar-refractivity contribution is -0.122. The van der Waals surface area contributed by atoms with Gasteiger partial charge in [0.2, 0.25) is 5.91 Å². The molecule has 0 bridgehead atoms. The molecular weight excluding hydrogens is 302 g/mol. The van der Waals surface area contributed by atoms with E-state index in [1.165, 1.54) is 12.1 Å². The van der Waals surface area contributed by atoms with Crippen molar-refractivity contribution in [2.75, 3.05) is 0 Å². The predicted molar refractivity (Wildman–Crippen MR) is 80.4 cm³/mol. The number of carbonyl (C=O) groups is 1. The van der Waals surface area contributed by atoms with E-state index in [2.05, 4.69) is 5.32 Å². The van der Waals surface area contributed by atoms with Crippen LogP contribution in [0.1, 0.15) is 31.2 Å². The van der Waals surface area contributed by atoms with Gasteiger partial charge in [-0.2, -0.15) is 0 Å². The van der Waals surface area contributed by atoms with E-state index in [9.17, 15) is 9.18 Å². The number of nitrogens with one attached hydrogen (secondary N) is 1. The molecule has 0 radical (unpaired) electrons. The fraction of sp³-hybridized carbons (Fsp3) is 0.500. The van der Waals surface area contributed by atoms with Crippen LogP contribution in [-0.2, 0) is 11.3 Å². The number of benzene rings is 1. The summed E-state index contributed by atoms with van der Waals surface area (Å²) in [5, 5.41) is 2.89. The molecule has 0 heterocycles. The van der Waals surface area contributed by atoms with Crippen molar-refractivity contribution in [1.82, 2.24) is 5.32 Å². The van der Waals surface area contributed by atoms with Gasteiger partial charge in [0.05, 0.1) is 5.02 Å². The van der Waals surface area contributed by atoms with Crippen LogP contribution in [0.25, 0.3) is 0 Å². The van der Waals surface area contributed by atoms with E-state index >= 15 is 0 Å². The second kappa shape index (κ2) is 7.81. The van der Waals surface area contributed by atoms with E-state index in [1.807, 2.05) is 0 Å². The third-order valence-corrected chi connectivity index (χ3v) is 3.93. The summed E-state index contributed by atoms with van der Waals surface area (Å²) >= 11 is 5.68. The van der Waals surface area contributed by atoms with Gasteiger partial charge in [0.15, 0.2) is 0 Å². The molecule has 3 N–H and O–H groups in total. The Labute approximate surface area is 129 Å². The standard InChI is InChI=1S/C14H18ClFN2O.ClH/c15-11-6-9(4-5-12(11)16)8-18-14(19)7-10-2-1-3-13(10)17;/h4-6,10,13H,1-3,7-8,17H2,(H,18,19);1H/t10-,13+;/m0./s1. The van der Waals surface area contributed by atoms with Crippen LogP contribution in [0.15, 0.2) is 18.2 Å². The SMILES string of the molecule is Cl.N[C@@H]1CCC[C@H]1CC(=O)NCc1ccc(F)c(Cl)c1. The lowest BCUT2D eigenvalue weighted by Crippen LogP contribution is -2.31. The number of nitrogens with two attached hydrogens (primary N) is 1. The summed E-state index contributed by atoms with van der Waals surface area (Å²) in [4.78, 5) is 11.8. The first-order valence-electron chi connectivity index (χ1n) is 6.52. The Balaban J connectivity index is 0.00000200. The first-order valence-corrected chi connectivity index (χ1v) is 6.90. The average Bonchev–Trinajstić information content (AvgIpc) is 2.77. The van der Waals surface area contributed by atoms with Crippen molar-refractivity contribution in [3.05, 3.63) is 34.6 Å². The molecule has 0 saturated heterocycles. The number of amides is 1. The van der Waals surface area contributed by atoms with Gasteiger partial charge in [0.1, 0.15) is 5.82 Å². The molecule has 112 valence electrons. The molecule has 20 heavy (non-hydrogen) atoms. The minimum atomic E-state index is -0.450. The zero-order valence-corrected chi connectivity index (χ0v) is 12.6. The minimum Gasteiger partial charge on any atom is -0.352 e. The molecule has 1 aromatic rings. The second-order valence-corrected chi connectivity index (χ2v) is 5.49. The number of hydrogen-bond acceptors (Lipinski definition) is 2. The van der Waals surface area contributed by atoms with Gasteiger partial charge in [-0.3, -0.25) is 4.79 Å². The van der Waals surface area contributed by atoms with E-state index in [-0.39, 0.29) is 35.3 Å². The molecule has 1 aliphatic rings. The summed E-state index contributed by atoms with van der Waals surface area (Å²) < 4.78 is 13.0. The molecule has 0 unspecified atom stereocenters. The predicted octanol–water partition coefficient (Wildman–Crippen LogP) is 3.03. The molecule has 2 rings (SSSR count). The van der Waals surface area contributed by atoms with Crippen molar-refractivity contribution in [1.29, 1.82) is 0 Å². The Morgan fingerprint density at radius 3 is 2.80 bits per heavy atom. The van der Waals surface area contributed by atoms with Crippen LogP contribution in [0.4, 0.5) is 4.39 Å². The molecule has 0 aromatic heterocycles. The van der Waals surface area contributed by atoms with Crippen molar-refractivity contribution in [2.45, 2.75) is 38.3 Å². The third kappa shape index (κ3) is 4.62. The maximum Gasteiger partial charge on any atom is 0.220 e. The zero-order valence-electron chi connectivity index (χ0n) is 11.1. The van der Waals surface area contributed by atoms with E-state index in [0.29, 0.717) is 13.0 Å². The Morgan fingerprint density at radius 2 is 2.20 bits per heavy atom. The van der Waals surface area contributed by atoms with Gasteiger partial charge in [0, 0.05) is 19.0 Å². The first kappa shape index (κ1) is 17.2. The highest BCUT2D eigenvalue weighted by atomic mass is 35.5. The van der Waals surface area contributed by atoms with Crippen LogP contribution >= 0.6 is 24.0 Å². The van der Waals surface area contributed by atoms with E-state index in [0.717, 1.165) is 24.8 Å². The Morgan fingerprint density at radius 1 is 1.45 bits per heavy atom. The summed E-state index contributed by atoms with van der Waals surface area (Å²) in [5.74, 6) is -0.173. The maximum absolute atomic E-state index is 13.0. The van der Waals surface area contributed by atoms with Crippen molar-refractivity contribution < 1.29 is 9.18 Å². The summed E-state index contributed by atoms with van der Waals surface area (Å²) in [6.07, 6.45) is 3.60. The normalized spacial score (nSPS) is 21.4. The van der Waals surface area contributed by atoms with Crippen molar-refractivity contribution in [3.8, 4) is 0 Å². The number of rotatable bonds is 4. The number of halogens is 3. The number of carbonyl (C=O) groups excluding carboxylic acids is 1. The molecule has 1 amide bonds. The lowest BCUT2D eigenvalue weighted by atomic mass is 10.00. The van der Waals surface area contributed by atoms with E-state index in [1.54, 1.807) is 6.07 Å². The quantitative estimate of drug-likeness (QED) is 0.895. The summed E-state index contributed by atoms with van der Waals surface area (Å²) in [6.45, 7) is 0.362. The maximum atomic E-state index is 13.0. The molecule has 1 saturated carbocycles. The van der Waals surface area contributed by atoms with Crippen LogP contribution in [0, 0.1) is 11.7 Å². The van der Waals surface area contributed by atoms with Gasteiger partial charge >= 0.3 is 0 Å². The monoisotopic (exact) mass is 320 g/mol. The lowest BCUT2D eigenvalue weighted by Gasteiger charge is -2.14. The van der Waals surface area contributed by atoms with Crippen molar-refractivity contribution in [3.63, 3.8) is 0 Å². The van der Waals surface area contributed by atoms with Crippen LogP contribution in [0.5, 0.6) is 0 Å². The smallest absolute Gasteiger partial charge is 0.220 e. The van der Waals surface area contributed by atoms with Gasteiger partial charge < -0.3 is 11.1 Å². The first-order chi connectivity index (χ1) is 9.06. The van der Waals surface area contributed by atoms with Gasteiger partial charge in [-0.25, -0.2) is 4.39 Å². The topological polar surface area (TPSA) is 55.1 Å². The number of hydrogen-bond donors (Lipinski definition) is 2. The highest BCUT2D eigenvalue weighted by Crippen LogP contribution is 2.26. The van der Waals surface area contributed by atoms with Crippen LogP contribution in [0.2, 0.25) is 5.02 Å².